The first kappa shape index (κ1) is 14.7. The highest BCUT2D eigenvalue weighted by molar-refractivity contribution is 5.61. The molecule has 1 N–H and O–H groups in total. The van der Waals surface area contributed by atoms with Crippen LogP contribution in [0.5, 0.6) is 0 Å². The Balaban J connectivity index is 2.28. The largest absolute Gasteiger partial charge is 0.354 e. The lowest BCUT2D eigenvalue weighted by Gasteiger charge is -2.19. The maximum atomic E-state index is 13.9. The second kappa shape index (κ2) is 6.66. The van der Waals surface area contributed by atoms with Crippen LogP contribution in [0.3, 0.4) is 0 Å². The lowest BCUT2D eigenvalue weighted by molar-refractivity contribution is 0.614. The zero-order valence-electron chi connectivity index (χ0n) is 12.0. The molecule has 0 bridgehead atoms. The highest BCUT2D eigenvalue weighted by atomic mass is 19.1. The molecule has 108 valence electrons. The Labute approximate surface area is 123 Å². The number of nitrogens with one attached hydrogen (secondary N) is 1. The van der Waals surface area contributed by atoms with E-state index in [4.69, 9.17) is 5.26 Å². The smallest absolute Gasteiger partial charge is 0.224 e. The quantitative estimate of drug-likeness (QED) is 0.914. The van der Waals surface area contributed by atoms with Gasteiger partial charge in [0.05, 0.1) is 17.8 Å². The lowest BCUT2D eigenvalue weighted by atomic mass is 10.2. The normalized spacial score (nSPS) is 10.0. The summed E-state index contributed by atoms with van der Waals surface area (Å²) < 4.78 is 13.9. The molecule has 0 aliphatic heterocycles. The van der Waals surface area contributed by atoms with Gasteiger partial charge in [-0.15, -0.1) is 0 Å². The fraction of sp³-hybridized carbons (Fsp3) is 0.267. The molecule has 0 aliphatic rings. The summed E-state index contributed by atoms with van der Waals surface area (Å²) in [5.41, 5.74) is 1.30. The van der Waals surface area contributed by atoms with Crippen molar-refractivity contribution < 1.29 is 4.39 Å². The van der Waals surface area contributed by atoms with Gasteiger partial charge in [-0.2, -0.15) is 10.2 Å². The Morgan fingerprint density at radius 3 is 2.67 bits per heavy atom. The number of hydrogen-bond donors (Lipinski definition) is 1. The van der Waals surface area contributed by atoms with Crippen molar-refractivity contribution in [2.45, 2.75) is 13.3 Å². The molecule has 0 spiro atoms. The number of rotatable bonds is 5. The summed E-state index contributed by atoms with van der Waals surface area (Å²) in [6, 6.07) is 8.91. The van der Waals surface area contributed by atoms with Crippen molar-refractivity contribution in [3.8, 4) is 6.07 Å². The zero-order chi connectivity index (χ0) is 15.2. The summed E-state index contributed by atoms with van der Waals surface area (Å²) in [6.45, 7) is 2.76. The topological polar surface area (TPSA) is 64.8 Å². The number of nitrogens with zero attached hydrogens (tertiary/aromatic N) is 4. The van der Waals surface area contributed by atoms with E-state index in [1.165, 1.54) is 0 Å². The van der Waals surface area contributed by atoms with Crippen LogP contribution >= 0.6 is 0 Å². The molecule has 21 heavy (non-hydrogen) atoms. The van der Waals surface area contributed by atoms with Crippen molar-refractivity contribution in [2.75, 3.05) is 23.8 Å². The second-order valence-electron chi connectivity index (χ2n) is 4.51. The summed E-state index contributed by atoms with van der Waals surface area (Å²) in [4.78, 5) is 9.73. The van der Waals surface area contributed by atoms with E-state index in [9.17, 15) is 4.39 Å². The van der Waals surface area contributed by atoms with E-state index in [1.54, 1.807) is 36.2 Å². The molecule has 0 atom stereocenters. The summed E-state index contributed by atoms with van der Waals surface area (Å²) in [5.74, 6) is 0.0889. The fourth-order valence-electron chi connectivity index (χ4n) is 1.80. The molecular weight excluding hydrogens is 269 g/mol. The van der Waals surface area contributed by atoms with Crippen LogP contribution in [0.4, 0.5) is 21.8 Å². The first-order valence-corrected chi connectivity index (χ1v) is 6.66. The molecule has 2 aromatic rings. The number of anilines is 3. The van der Waals surface area contributed by atoms with E-state index in [1.807, 2.05) is 13.0 Å². The van der Waals surface area contributed by atoms with Crippen LogP contribution in [0.1, 0.15) is 18.9 Å². The van der Waals surface area contributed by atoms with Crippen molar-refractivity contribution >= 4 is 17.5 Å². The number of aromatic nitrogens is 2. The van der Waals surface area contributed by atoms with E-state index in [0.29, 0.717) is 11.5 Å². The minimum absolute atomic E-state index is 0.188. The third-order valence-electron chi connectivity index (χ3n) is 2.96. The van der Waals surface area contributed by atoms with Gasteiger partial charge in [-0.1, -0.05) is 6.92 Å². The van der Waals surface area contributed by atoms with Crippen molar-refractivity contribution in [3.63, 3.8) is 0 Å². The maximum Gasteiger partial charge on any atom is 0.224 e. The Kier molecular flexibility index (Phi) is 4.67. The Bertz CT molecular complexity index is 648. The summed E-state index contributed by atoms with van der Waals surface area (Å²) >= 11 is 0. The molecule has 0 saturated carbocycles. The maximum absolute atomic E-state index is 13.9. The average Bonchev–Trinajstić information content (AvgIpc) is 2.53. The van der Waals surface area contributed by atoms with Crippen LogP contribution in [0.15, 0.2) is 30.5 Å². The number of halogens is 1. The van der Waals surface area contributed by atoms with E-state index in [2.05, 4.69) is 15.3 Å². The lowest BCUT2D eigenvalue weighted by Crippen LogP contribution is -2.15. The zero-order valence-corrected chi connectivity index (χ0v) is 12.0. The molecule has 0 amide bonds. The van der Waals surface area contributed by atoms with E-state index < -0.39 is 5.82 Å². The van der Waals surface area contributed by atoms with Crippen molar-refractivity contribution in [3.05, 3.63) is 41.8 Å². The van der Waals surface area contributed by atoms with Gasteiger partial charge >= 0.3 is 0 Å². The van der Waals surface area contributed by atoms with E-state index >= 15 is 0 Å². The molecule has 5 nitrogen and oxygen atoms in total. The first-order chi connectivity index (χ1) is 10.2. The van der Waals surface area contributed by atoms with Gasteiger partial charge in [-0.05, 0) is 30.7 Å². The van der Waals surface area contributed by atoms with Crippen LogP contribution in [-0.2, 0) is 0 Å². The fourth-order valence-corrected chi connectivity index (χ4v) is 1.80. The molecule has 2 rings (SSSR count). The number of nitriles is 1. The van der Waals surface area contributed by atoms with Gasteiger partial charge in [0.15, 0.2) is 11.6 Å². The summed E-state index contributed by atoms with van der Waals surface area (Å²) in [6.07, 6.45) is 2.09. The average molecular weight is 285 g/mol. The first-order valence-electron chi connectivity index (χ1n) is 6.66. The molecule has 0 saturated heterocycles. The molecule has 0 radical (unpaired) electrons. The number of hydrogen-bond acceptors (Lipinski definition) is 5. The van der Waals surface area contributed by atoms with Crippen molar-refractivity contribution in [1.29, 1.82) is 5.26 Å². The molecular formula is C15H16FN5. The van der Waals surface area contributed by atoms with Crippen molar-refractivity contribution in [1.82, 2.24) is 9.97 Å². The Hall–Kier alpha value is -2.68. The summed E-state index contributed by atoms with van der Waals surface area (Å²) in [7, 11) is 1.72. The third-order valence-corrected chi connectivity index (χ3v) is 2.96. The van der Waals surface area contributed by atoms with Crippen LogP contribution in [-0.4, -0.2) is 23.6 Å². The molecule has 6 heteroatoms. The summed E-state index contributed by atoms with van der Waals surface area (Å²) in [5, 5.41) is 11.8. The highest BCUT2D eigenvalue weighted by Crippen LogP contribution is 2.24. The van der Waals surface area contributed by atoms with Gasteiger partial charge in [-0.25, -0.2) is 9.37 Å². The Morgan fingerprint density at radius 2 is 2.05 bits per heavy atom. The van der Waals surface area contributed by atoms with E-state index in [-0.39, 0.29) is 5.82 Å². The van der Waals surface area contributed by atoms with Crippen LogP contribution in [0.2, 0.25) is 0 Å². The molecule has 0 fully saturated rings. The highest BCUT2D eigenvalue weighted by Gasteiger charge is 2.13. The predicted octanol–water partition coefficient (Wildman–Crippen LogP) is 3.08. The van der Waals surface area contributed by atoms with Crippen molar-refractivity contribution in [2.24, 2.45) is 0 Å². The molecule has 1 aromatic carbocycles. The predicted molar refractivity (Wildman–Crippen MR) is 80.0 cm³/mol. The van der Waals surface area contributed by atoms with Gasteiger partial charge in [-0.3, -0.25) is 0 Å². The van der Waals surface area contributed by atoms with Gasteiger partial charge < -0.3 is 10.2 Å². The van der Waals surface area contributed by atoms with Gasteiger partial charge in [0.25, 0.3) is 0 Å². The minimum Gasteiger partial charge on any atom is -0.354 e. The van der Waals surface area contributed by atoms with Gasteiger partial charge in [0.1, 0.15) is 0 Å². The van der Waals surface area contributed by atoms with Gasteiger partial charge in [0.2, 0.25) is 5.95 Å². The molecule has 1 heterocycles. The second-order valence-corrected chi connectivity index (χ2v) is 4.51. The molecule has 0 unspecified atom stereocenters. The molecule has 1 aromatic heterocycles. The van der Waals surface area contributed by atoms with Crippen LogP contribution < -0.4 is 10.2 Å². The SMILES string of the molecule is CCCNc1ncc(F)c(N(C)c2ccc(C#N)cc2)n1. The van der Waals surface area contributed by atoms with Crippen LogP contribution in [0.25, 0.3) is 0 Å². The third kappa shape index (κ3) is 3.45. The van der Waals surface area contributed by atoms with E-state index in [0.717, 1.165) is 24.8 Å². The molecule has 0 aliphatic carbocycles. The standard InChI is InChI=1S/C15H16FN5/c1-3-8-18-15-19-10-13(16)14(20-15)21(2)12-6-4-11(9-17)5-7-12/h4-7,10H,3,8H2,1-2H3,(H,18,19,20). The number of benzene rings is 1. The minimum atomic E-state index is -0.496. The Morgan fingerprint density at radius 1 is 1.33 bits per heavy atom. The van der Waals surface area contributed by atoms with Gasteiger partial charge in [0, 0.05) is 19.3 Å². The van der Waals surface area contributed by atoms with Crippen LogP contribution in [0, 0.1) is 17.1 Å². The monoisotopic (exact) mass is 285 g/mol.